The minimum atomic E-state index is -0.893. The van der Waals surface area contributed by atoms with Crippen molar-refractivity contribution in [3.8, 4) is 5.75 Å². The SMILES string of the molecule is COc1ccccc1CN(C)C(=O)COC(=O)[C@@H](NC(=O)Nc1ccccc1)C(C)C. The highest BCUT2D eigenvalue weighted by atomic mass is 16.5. The van der Waals surface area contributed by atoms with Crippen LogP contribution in [-0.2, 0) is 20.9 Å². The number of carbonyl (C=O) groups is 3. The van der Waals surface area contributed by atoms with Crippen LogP contribution in [-0.4, -0.2) is 49.6 Å². The van der Waals surface area contributed by atoms with Crippen LogP contribution in [0.2, 0.25) is 0 Å². The molecule has 0 aromatic heterocycles. The van der Waals surface area contributed by atoms with Gasteiger partial charge in [0.25, 0.3) is 5.91 Å². The van der Waals surface area contributed by atoms with Crippen LogP contribution in [0.4, 0.5) is 10.5 Å². The summed E-state index contributed by atoms with van der Waals surface area (Å²) in [6.45, 7) is 3.45. The molecule has 8 nitrogen and oxygen atoms in total. The van der Waals surface area contributed by atoms with Crippen molar-refractivity contribution in [2.45, 2.75) is 26.4 Å². The molecule has 0 saturated heterocycles. The first-order valence-corrected chi connectivity index (χ1v) is 9.97. The van der Waals surface area contributed by atoms with Crippen LogP contribution in [0.1, 0.15) is 19.4 Å². The number of hydrogen-bond donors (Lipinski definition) is 2. The second kappa shape index (κ2) is 11.6. The van der Waals surface area contributed by atoms with E-state index in [1.54, 1.807) is 52.3 Å². The molecule has 0 spiro atoms. The van der Waals surface area contributed by atoms with Crippen LogP contribution in [0.5, 0.6) is 5.75 Å². The molecule has 2 N–H and O–H groups in total. The van der Waals surface area contributed by atoms with Gasteiger partial charge in [0.2, 0.25) is 0 Å². The second-order valence-electron chi connectivity index (χ2n) is 7.36. The van der Waals surface area contributed by atoms with E-state index < -0.39 is 24.6 Å². The van der Waals surface area contributed by atoms with Crippen molar-refractivity contribution in [3.63, 3.8) is 0 Å². The molecule has 2 rings (SSSR count). The summed E-state index contributed by atoms with van der Waals surface area (Å²) in [5.74, 6) is -0.587. The molecule has 0 aliphatic rings. The molecule has 8 heteroatoms. The number of amides is 3. The Labute approximate surface area is 182 Å². The summed E-state index contributed by atoms with van der Waals surface area (Å²) in [5, 5.41) is 5.27. The number of methoxy groups -OCH3 is 1. The van der Waals surface area contributed by atoms with Gasteiger partial charge in [-0.1, -0.05) is 50.2 Å². The van der Waals surface area contributed by atoms with E-state index in [9.17, 15) is 14.4 Å². The van der Waals surface area contributed by atoms with Crippen LogP contribution in [0, 0.1) is 5.92 Å². The van der Waals surface area contributed by atoms with Gasteiger partial charge in [-0.05, 0) is 24.1 Å². The lowest BCUT2D eigenvalue weighted by Gasteiger charge is -2.22. The average Bonchev–Trinajstić information content (AvgIpc) is 2.76. The number of benzene rings is 2. The first-order chi connectivity index (χ1) is 14.8. The number of anilines is 1. The quantitative estimate of drug-likeness (QED) is 0.600. The number of rotatable bonds is 9. The molecule has 1 atom stereocenters. The second-order valence-corrected chi connectivity index (χ2v) is 7.36. The fourth-order valence-corrected chi connectivity index (χ4v) is 2.84. The van der Waals surface area contributed by atoms with E-state index in [4.69, 9.17) is 9.47 Å². The Morgan fingerprint density at radius 3 is 2.29 bits per heavy atom. The molecule has 0 radical (unpaired) electrons. The zero-order valence-corrected chi connectivity index (χ0v) is 18.3. The molecule has 0 bridgehead atoms. The standard InChI is InChI=1S/C23H29N3O5/c1-16(2)21(25-23(29)24-18-11-6-5-7-12-18)22(28)31-15-20(27)26(3)14-17-10-8-9-13-19(17)30-4/h5-13,16,21H,14-15H2,1-4H3,(H2,24,25,29)/t21-/m0/s1. The fraction of sp³-hybridized carbons (Fsp3) is 0.348. The van der Waals surface area contributed by atoms with Crippen molar-refractivity contribution in [2.24, 2.45) is 5.92 Å². The summed E-state index contributed by atoms with van der Waals surface area (Å²) in [6, 6.07) is 14.8. The van der Waals surface area contributed by atoms with E-state index in [1.165, 1.54) is 4.90 Å². The third kappa shape index (κ3) is 7.33. The Kier molecular flexibility index (Phi) is 8.87. The summed E-state index contributed by atoms with van der Waals surface area (Å²) in [6.07, 6.45) is 0. The van der Waals surface area contributed by atoms with Gasteiger partial charge >= 0.3 is 12.0 Å². The van der Waals surface area contributed by atoms with E-state index in [2.05, 4.69) is 10.6 Å². The topological polar surface area (TPSA) is 97.0 Å². The fourth-order valence-electron chi connectivity index (χ4n) is 2.84. The monoisotopic (exact) mass is 427 g/mol. The van der Waals surface area contributed by atoms with Crippen LogP contribution >= 0.6 is 0 Å². The van der Waals surface area contributed by atoms with Crippen molar-refractivity contribution in [1.82, 2.24) is 10.2 Å². The van der Waals surface area contributed by atoms with Crippen LogP contribution < -0.4 is 15.4 Å². The van der Waals surface area contributed by atoms with Gasteiger partial charge in [-0.2, -0.15) is 0 Å². The number of urea groups is 1. The predicted octanol–water partition coefficient (Wildman–Crippen LogP) is 3.04. The molecule has 0 fully saturated rings. The van der Waals surface area contributed by atoms with Crippen molar-refractivity contribution >= 4 is 23.6 Å². The van der Waals surface area contributed by atoms with Gasteiger partial charge < -0.3 is 25.0 Å². The highest BCUT2D eigenvalue weighted by Gasteiger charge is 2.27. The number of nitrogens with zero attached hydrogens (tertiary/aromatic N) is 1. The maximum absolute atomic E-state index is 12.5. The van der Waals surface area contributed by atoms with E-state index in [0.29, 0.717) is 18.0 Å². The molecule has 0 aliphatic carbocycles. The lowest BCUT2D eigenvalue weighted by molar-refractivity contribution is -0.154. The summed E-state index contributed by atoms with van der Waals surface area (Å²) >= 11 is 0. The molecule has 2 aromatic carbocycles. The Bertz CT molecular complexity index is 886. The van der Waals surface area contributed by atoms with Crippen molar-refractivity contribution < 1.29 is 23.9 Å². The first kappa shape index (κ1) is 23.7. The molecule has 166 valence electrons. The minimum Gasteiger partial charge on any atom is -0.496 e. The summed E-state index contributed by atoms with van der Waals surface area (Å²) in [5.41, 5.74) is 1.44. The lowest BCUT2D eigenvalue weighted by atomic mass is 10.1. The molecular formula is C23H29N3O5. The van der Waals surface area contributed by atoms with Gasteiger partial charge in [-0.25, -0.2) is 9.59 Å². The highest BCUT2D eigenvalue weighted by Crippen LogP contribution is 2.18. The van der Waals surface area contributed by atoms with Gasteiger partial charge in [0, 0.05) is 24.8 Å². The molecule has 3 amide bonds. The smallest absolute Gasteiger partial charge is 0.329 e. The van der Waals surface area contributed by atoms with E-state index in [-0.39, 0.29) is 11.8 Å². The third-order valence-electron chi connectivity index (χ3n) is 4.60. The van der Waals surface area contributed by atoms with Crippen LogP contribution in [0.3, 0.4) is 0 Å². The maximum atomic E-state index is 12.5. The number of para-hydroxylation sites is 2. The molecule has 0 unspecified atom stereocenters. The van der Waals surface area contributed by atoms with Crippen LogP contribution in [0.25, 0.3) is 0 Å². The molecule has 0 saturated carbocycles. The van der Waals surface area contributed by atoms with Crippen molar-refractivity contribution in [1.29, 1.82) is 0 Å². The Morgan fingerprint density at radius 1 is 1.00 bits per heavy atom. The van der Waals surface area contributed by atoms with Gasteiger partial charge in [-0.3, -0.25) is 4.79 Å². The van der Waals surface area contributed by atoms with E-state index >= 15 is 0 Å². The van der Waals surface area contributed by atoms with Gasteiger partial charge in [-0.15, -0.1) is 0 Å². The predicted molar refractivity (Wildman–Crippen MR) is 118 cm³/mol. The molecule has 0 heterocycles. The third-order valence-corrected chi connectivity index (χ3v) is 4.60. The normalized spacial score (nSPS) is 11.4. The van der Waals surface area contributed by atoms with Gasteiger partial charge in [0.05, 0.1) is 7.11 Å². The Hall–Kier alpha value is -3.55. The zero-order valence-electron chi connectivity index (χ0n) is 18.3. The number of carbonyl (C=O) groups excluding carboxylic acids is 3. The zero-order chi connectivity index (χ0) is 22.8. The summed E-state index contributed by atoms with van der Waals surface area (Å²) < 4.78 is 10.5. The van der Waals surface area contributed by atoms with Crippen molar-refractivity contribution in [3.05, 3.63) is 60.2 Å². The number of hydrogen-bond acceptors (Lipinski definition) is 5. The Balaban J connectivity index is 1.88. The first-order valence-electron chi connectivity index (χ1n) is 9.97. The molecule has 2 aromatic rings. The largest absolute Gasteiger partial charge is 0.496 e. The number of ether oxygens (including phenoxy) is 2. The lowest BCUT2D eigenvalue weighted by Crippen LogP contribution is -2.47. The van der Waals surface area contributed by atoms with E-state index in [1.807, 2.05) is 30.3 Å². The van der Waals surface area contributed by atoms with Crippen LogP contribution in [0.15, 0.2) is 54.6 Å². The molecule has 31 heavy (non-hydrogen) atoms. The molecule has 0 aliphatic heterocycles. The average molecular weight is 428 g/mol. The Morgan fingerprint density at radius 2 is 1.65 bits per heavy atom. The van der Waals surface area contributed by atoms with Gasteiger partial charge in [0.15, 0.2) is 6.61 Å². The highest BCUT2D eigenvalue weighted by molar-refractivity contribution is 5.93. The maximum Gasteiger partial charge on any atom is 0.329 e. The summed E-state index contributed by atoms with van der Waals surface area (Å²) in [7, 11) is 3.18. The number of esters is 1. The molecular weight excluding hydrogens is 398 g/mol. The summed E-state index contributed by atoms with van der Waals surface area (Å²) in [4.78, 5) is 38.6. The van der Waals surface area contributed by atoms with E-state index in [0.717, 1.165) is 5.56 Å². The minimum absolute atomic E-state index is 0.226. The number of likely N-dealkylation sites (N-methyl/N-ethyl adjacent to an activating group) is 1. The van der Waals surface area contributed by atoms with Gasteiger partial charge in [0.1, 0.15) is 11.8 Å². The van der Waals surface area contributed by atoms with Crippen molar-refractivity contribution in [2.75, 3.05) is 26.1 Å². The number of nitrogens with one attached hydrogen (secondary N) is 2.